The van der Waals surface area contributed by atoms with Crippen LogP contribution in [0.25, 0.3) is 0 Å². The van der Waals surface area contributed by atoms with Gasteiger partial charge in [-0.25, -0.2) is 0 Å². The Morgan fingerprint density at radius 3 is 2.90 bits per heavy atom. The Labute approximate surface area is 123 Å². The van der Waals surface area contributed by atoms with Crippen LogP contribution in [-0.2, 0) is 0 Å². The number of aliphatic hydroxyl groups excluding tert-OH is 1. The van der Waals surface area contributed by atoms with Gasteiger partial charge in [-0.1, -0.05) is 22.0 Å². The summed E-state index contributed by atoms with van der Waals surface area (Å²) in [6, 6.07) is 5.19. The highest BCUT2D eigenvalue weighted by molar-refractivity contribution is 9.10. The first-order valence-electron chi connectivity index (χ1n) is 6.28. The summed E-state index contributed by atoms with van der Waals surface area (Å²) in [5.41, 5.74) is 0.820. The van der Waals surface area contributed by atoms with E-state index in [0.717, 1.165) is 16.5 Å². The maximum Gasteiger partial charge on any atom is 0.415 e. The molecule has 2 rings (SSSR count). The van der Waals surface area contributed by atoms with Crippen LogP contribution in [0.2, 0.25) is 0 Å². The molecule has 0 spiro atoms. The number of benzene rings is 1. The maximum absolute atomic E-state index is 12.3. The SMILES string of the molecule is OC(CNC1CCCOc2cc(Br)ccc21)C(F)(F)F. The summed E-state index contributed by atoms with van der Waals surface area (Å²) < 4.78 is 43.4. The summed E-state index contributed by atoms with van der Waals surface area (Å²) in [6.07, 6.45) is -5.55. The summed E-state index contributed by atoms with van der Waals surface area (Å²) >= 11 is 3.33. The molecule has 20 heavy (non-hydrogen) atoms. The average molecular weight is 354 g/mol. The minimum absolute atomic E-state index is 0.252. The van der Waals surface area contributed by atoms with Gasteiger partial charge in [0.15, 0.2) is 6.10 Å². The van der Waals surface area contributed by atoms with Gasteiger partial charge in [-0.05, 0) is 25.0 Å². The highest BCUT2D eigenvalue weighted by atomic mass is 79.9. The predicted octanol–water partition coefficient (Wildman–Crippen LogP) is 3.18. The number of aliphatic hydroxyl groups is 1. The summed E-state index contributed by atoms with van der Waals surface area (Å²) in [4.78, 5) is 0. The molecule has 1 aliphatic rings. The third-order valence-electron chi connectivity index (χ3n) is 3.18. The van der Waals surface area contributed by atoms with Crippen molar-refractivity contribution >= 4 is 15.9 Å². The fourth-order valence-corrected chi connectivity index (χ4v) is 2.47. The van der Waals surface area contributed by atoms with Crippen molar-refractivity contribution in [3.63, 3.8) is 0 Å². The van der Waals surface area contributed by atoms with Crippen molar-refractivity contribution in [2.75, 3.05) is 13.2 Å². The van der Waals surface area contributed by atoms with Crippen LogP contribution >= 0.6 is 15.9 Å². The molecule has 2 unspecified atom stereocenters. The predicted molar refractivity (Wildman–Crippen MR) is 71.7 cm³/mol. The van der Waals surface area contributed by atoms with Crippen LogP contribution in [0.1, 0.15) is 24.4 Å². The molecule has 0 saturated carbocycles. The number of hydrogen-bond acceptors (Lipinski definition) is 3. The van der Waals surface area contributed by atoms with Gasteiger partial charge in [-0.3, -0.25) is 0 Å². The standard InChI is InChI=1S/C13H15BrF3NO2/c14-8-3-4-9-10(2-1-5-20-11(9)6-8)18-7-12(19)13(15,16)17/h3-4,6,10,12,18-19H,1-2,5,7H2. The van der Waals surface area contributed by atoms with Crippen LogP contribution in [0.3, 0.4) is 0 Å². The molecule has 112 valence electrons. The van der Waals surface area contributed by atoms with Crippen molar-refractivity contribution in [1.82, 2.24) is 5.32 Å². The average Bonchev–Trinajstić information content (AvgIpc) is 2.56. The van der Waals surface area contributed by atoms with Crippen LogP contribution in [0.15, 0.2) is 22.7 Å². The molecule has 0 fully saturated rings. The molecule has 2 atom stereocenters. The first-order chi connectivity index (χ1) is 9.38. The molecule has 1 aromatic carbocycles. The topological polar surface area (TPSA) is 41.5 Å². The van der Waals surface area contributed by atoms with E-state index in [0.29, 0.717) is 18.8 Å². The molecule has 2 N–H and O–H groups in total. The second-order valence-electron chi connectivity index (χ2n) is 4.69. The van der Waals surface area contributed by atoms with E-state index in [9.17, 15) is 13.2 Å². The Morgan fingerprint density at radius 1 is 1.45 bits per heavy atom. The molecule has 0 radical (unpaired) electrons. The molecule has 7 heteroatoms. The van der Waals surface area contributed by atoms with Crippen LogP contribution < -0.4 is 10.1 Å². The van der Waals surface area contributed by atoms with E-state index >= 15 is 0 Å². The minimum atomic E-state index is -4.60. The molecule has 1 heterocycles. The molecule has 0 aromatic heterocycles. The van der Waals surface area contributed by atoms with E-state index < -0.39 is 18.8 Å². The van der Waals surface area contributed by atoms with Crippen LogP contribution in [0.4, 0.5) is 13.2 Å². The third-order valence-corrected chi connectivity index (χ3v) is 3.67. The number of alkyl halides is 3. The monoisotopic (exact) mass is 353 g/mol. The zero-order chi connectivity index (χ0) is 14.8. The summed E-state index contributed by atoms with van der Waals surface area (Å²) in [5.74, 6) is 0.663. The molecule has 1 aromatic rings. The molecule has 0 bridgehead atoms. The normalized spacial score (nSPS) is 20.8. The van der Waals surface area contributed by atoms with Gasteiger partial charge in [0.25, 0.3) is 0 Å². The highest BCUT2D eigenvalue weighted by Gasteiger charge is 2.38. The van der Waals surface area contributed by atoms with Gasteiger partial charge in [0.05, 0.1) is 6.61 Å². The van der Waals surface area contributed by atoms with Crippen molar-refractivity contribution in [3.05, 3.63) is 28.2 Å². The molecule has 3 nitrogen and oxygen atoms in total. The van der Waals surface area contributed by atoms with E-state index in [-0.39, 0.29) is 6.04 Å². The van der Waals surface area contributed by atoms with E-state index in [1.807, 2.05) is 12.1 Å². The van der Waals surface area contributed by atoms with Gasteiger partial charge in [-0.2, -0.15) is 13.2 Å². The van der Waals surface area contributed by atoms with Crippen molar-refractivity contribution in [2.45, 2.75) is 31.2 Å². The second kappa shape index (κ2) is 6.32. The number of rotatable bonds is 3. The lowest BCUT2D eigenvalue weighted by Crippen LogP contribution is -2.39. The van der Waals surface area contributed by atoms with Crippen molar-refractivity contribution < 1.29 is 23.0 Å². The lowest BCUT2D eigenvalue weighted by Gasteiger charge is -2.21. The Balaban J connectivity index is 2.09. The van der Waals surface area contributed by atoms with Gasteiger partial charge in [0.2, 0.25) is 0 Å². The summed E-state index contributed by atoms with van der Waals surface area (Å²) in [7, 11) is 0. The largest absolute Gasteiger partial charge is 0.493 e. The Kier molecular flexibility index (Phi) is 4.93. The second-order valence-corrected chi connectivity index (χ2v) is 5.61. The molecular weight excluding hydrogens is 339 g/mol. The molecule has 1 aliphatic heterocycles. The summed E-state index contributed by atoms with van der Waals surface area (Å²) in [5, 5.41) is 11.8. The van der Waals surface area contributed by atoms with Gasteiger partial charge < -0.3 is 15.2 Å². The first kappa shape index (κ1) is 15.6. The number of ether oxygens (including phenoxy) is 1. The van der Waals surface area contributed by atoms with Gasteiger partial charge >= 0.3 is 6.18 Å². The number of hydrogen-bond donors (Lipinski definition) is 2. The molecule has 0 saturated heterocycles. The fourth-order valence-electron chi connectivity index (χ4n) is 2.13. The molecule has 0 aliphatic carbocycles. The van der Waals surface area contributed by atoms with Crippen molar-refractivity contribution in [2.24, 2.45) is 0 Å². The summed E-state index contributed by atoms with van der Waals surface area (Å²) in [6.45, 7) is 0.00707. The number of fused-ring (bicyclic) bond motifs is 1. The van der Waals surface area contributed by atoms with Crippen LogP contribution in [0, 0.1) is 0 Å². The lowest BCUT2D eigenvalue weighted by atomic mass is 10.0. The van der Waals surface area contributed by atoms with Gasteiger partial charge in [0, 0.05) is 22.6 Å². The quantitative estimate of drug-likeness (QED) is 0.876. The smallest absolute Gasteiger partial charge is 0.415 e. The zero-order valence-electron chi connectivity index (χ0n) is 10.6. The van der Waals surface area contributed by atoms with Crippen LogP contribution in [-0.4, -0.2) is 30.5 Å². The Morgan fingerprint density at radius 2 is 2.20 bits per heavy atom. The van der Waals surface area contributed by atoms with Crippen molar-refractivity contribution in [1.29, 1.82) is 0 Å². The Hall–Kier alpha value is -0.790. The van der Waals surface area contributed by atoms with E-state index in [1.165, 1.54) is 0 Å². The van der Waals surface area contributed by atoms with Crippen LogP contribution in [0.5, 0.6) is 5.75 Å². The third kappa shape index (κ3) is 3.86. The fraction of sp³-hybridized carbons (Fsp3) is 0.538. The zero-order valence-corrected chi connectivity index (χ0v) is 12.2. The molecule has 0 amide bonds. The minimum Gasteiger partial charge on any atom is -0.493 e. The van der Waals surface area contributed by atoms with E-state index in [2.05, 4.69) is 21.2 Å². The van der Waals surface area contributed by atoms with E-state index in [4.69, 9.17) is 9.84 Å². The van der Waals surface area contributed by atoms with Crippen molar-refractivity contribution in [3.8, 4) is 5.75 Å². The number of halogens is 4. The van der Waals surface area contributed by atoms with E-state index in [1.54, 1.807) is 6.07 Å². The molecular formula is C13H15BrF3NO2. The van der Waals surface area contributed by atoms with Gasteiger partial charge in [0.1, 0.15) is 5.75 Å². The highest BCUT2D eigenvalue weighted by Crippen LogP contribution is 2.34. The first-order valence-corrected chi connectivity index (χ1v) is 7.07. The lowest BCUT2D eigenvalue weighted by molar-refractivity contribution is -0.202. The maximum atomic E-state index is 12.3. The Bertz CT molecular complexity index is 467. The van der Waals surface area contributed by atoms with Gasteiger partial charge in [-0.15, -0.1) is 0 Å². The number of nitrogens with one attached hydrogen (secondary N) is 1.